The Morgan fingerprint density at radius 2 is 2.25 bits per heavy atom. The van der Waals surface area contributed by atoms with Crippen LogP contribution < -0.4 is 0 Å². The van der Waals surface area contributed by atoms with E-state index in [1.54, 1.807) is 0 Å². The summed E-state index contributed by atoms with van der Waals surface area (Å²) in [6, 6.07) is 0. The average Bonchev–Trinajstić information content (AvgIpc) is 1.76. The maximum absolute atomic E-state index is 8.71. The molecular weight excluding hydrogens is 100 g/mol. The Morgan fingerprint density at radius 1 is 1.38 bits per heavy atom. The summed E-state index contributed by atoms with van der Waals surface area (Å²) in [6.45, 7) is 0.446. The van der Waals surface area contributed by atoms with Gasteiger partial charge in [0, 0.05) is 6.61 Å². The maximum Gasteiger partial charge on any atom is 0.0462 e. The smallest absolute Gasteiger partial charge is 0.0462 e. The molecule has 2 fully saturated rings. The summed E-state index contributed by atoms with van der Waals surface area (Å²) in [5.74, 6) is 2.68. The Hall–Kier alpha value is -0.0400. The zero-order chi connectivity index (χ0) is 5.56. The third-order valence-electron chi connectivity index (χ3n) is 2.92. The quantitative estimate of drug-likeness (QED) is 0.537. The van der Waals surface area contributed by atoms with Crippen LogP contribution in [0.5, 0.6) is 0 Å². The molecule has 2 rings (SSSR count). The third kappa shape index (κ3) is 0.408. The molecule has 8 heavy (non-hydrogen) atoms. The van der Waals surface area contributed by atoms with Gasteiger partial charge in [-0.05, 0) is 37.0 Å². The zero-order valence-electron chi connectivity index (χ0n) is 5.01. The Bertz CT molecular complexity index is 98.6. The van der Waals surface area contributed by atoms with E-state index in [2.05, 4.69) is 0 Å². The summed E-state index contributed by atoms with van der Waals surface area (Å²) in [7, 11) is 0. The van der Waals surface area contributed by atoms with Crippen LogP contribution in [0.4, 0.5) is 0 Å². The highest BCUT2D eigenvalue weighted by atomic mass is 16.3. The van der Waals surface area contributed by atoms with Gasteiger partial charge in [0.1, 0.15) is 0 Å². The SMILES string of the molecule is OCC1C[C@H]2CC[C@@H]12. The van der Waals surface area contributed by atoms with Crippen molar-refractivity contribution in [2.75, 3.05) is 6.61 Å². The molecule has 2 aliphatic carbocycles. The summed E-state index contributed by atoms with van der Waals surface area (Å²) in [6.07, 6.45) is 4.16. The number of rotatable bonds is 1. The third-order valence-corrected chi connectivity index (χ3v) is 2.92. The minimum atomic E-state index is 0.446. The summed E-state index contributed by atoms with van der Waals surface area (Å²) in [5, 5.41) is 8.71. The summed E-state index contributed by atoms with van der Waals surface area (Å²) in [4.78, 5) is 0. The molecule has 0 amide bonds. The van der Waals surface area contributed by atoms with Gasteiger partial charge >= 0.3 is 0 Å². The first-order valence-electron chi connectivity index (χ1n) is 3.52. The first-order valence-corrected chi connectivity index (χ1v) is 3.52. The first kappa shape index (κ1) is 4.80. The summed E-state index contributed by atoms with van der Waals surface area (Å²) >= 11 is 0. The van der Waals surface area contributed by atoms with E-state index < -0.39 is 0 Å². The normalized spacial score (nSPS) is 51.4. The van der Waals surface area contributed by atoms with Crippen LogP contribution in [0.1, 0.15) is 19.3 Å². The van der Waals surface area contributed by atoms with Gasteiger partial charge in [-0.3, -0.25) is 0 Å². The van der Waals surface area contributed by atoms with Crippen molar-refractivity contribution in [3.05, 3.63) is 0 Å². The second-order valence-electron chi connectivity index (χ2n) is 3.18. The molecule has 1 nitrogen and oxygen atoms in total. The molecule has 2 aliphatic rings. The minimum absolute atomic E-state index is 0.446. The lowest BCUT2D eigenvalue weighted by Gasteiger charge is -2.52. The monoisotopic (exact) mass is 112 g/mol. The van der Waals surface area contributed by atoms with Gasteiger partial charge in [-0.15, -0.1) is 0 Å². The molecule has 0 heterocycles. The van der Waals surface area contributed by atoms with Crippen molar-refractivity contribution in [3.63, 3.8) is 0 Å². The molecule has 1 N–H and O–H groups in total. The van der Waals surface area contributed by atoms with Crippen LogP contribution in [0.15, 0.2) is 0 Å². The van der Waals surface area contributed by atoms with Crippen molar-refractivity contribution in [1.82, 2.24) is 0 Å². The summed E-state index contributed by atoms with van der Waals surface area (Å²) in [5.41, 5.74) is 0. The topological polar surface area (TPSA) is 20.2 Å². The standard InChI is InChI=1S/C7H12O/c8-4-6-3-5-1-2-7(5)6/h5-8H,1-4H2/t5-,6?,7-/m1/s1. The van der Waals surface area contributed by atoms with Crippen molar-refractivity contribution < 1.29 is 5.11 Å². The number of fused-ring (bicyclic) bond motifs is 1. The molecule has 0 bridgehead atoms. The molecule has 1 unspecified atom stereocenters. The molecule has 3 atom stereocenters. The lowest BCUT2D eigenvalue weighted by molar-refractivity contribution is -0.0526. The van der Waals surface area contributed by atoms with E-state index in [1.165, 1.54) is 19.3 Å². The molecule has 2 saturated carbocycles. The molecule has 0 radical (unpaired) electrons. The van der Waals surface area contributed by atoms with Crippen LogP contribution in [-0.2, 0) is 0 Å². The maximum atomic E-state index is 8.71. The van der Waals surface area contributed by atoms with Crippen molar-refractivity contribution in [2.45, 2.75) is 19.3 Å². The fourth-order valence-electron chi connectivity index (χ4n) is 2.09. The molecule has 0 aromatic carbocycles. The largest absolute Gasteiger partial charge is 0.396 e. The van der Waals surface area contributed by atoms with Gasteiger partial charge < -0.3 is 5.11 Å². The van der Waals surface area contributed by atoms with Gasteiger partial charge in [0.25, 0.3) is 0 Å². The van der Waals surface area contributed by atoms with E-state index in [1.807, 2.05) is 0 Å². The van der Waals surface area contributed by atoms with Crippen molar-refractivity contribution >= 4 is 0 Å². The average molecular weight is 112 g/mol. The van der Waals surface area contributed by atoms with Crippen LogP contribution >= 0.6 is 0 Å². The van der Waals surface area contributed by atoms with Gasteiger partial charge in [-0.1, -0.05) is 0 Å². The number of aliphatic hydroxyl groups excluding tert-OH is 1. The van der Waals surface area contributed by atoms with Crippen molar-refractivity contribution in [1.29, 1.82) is 0 Å². The van der Waals surface area contributed by atoms with Gasteiger partial charge in [0.05, 0.1) is 0 Å². The fourth-order valence-corrected chi connectivity index (χ4v) is 2.09. The number of aliphatic hydroxyl groups is 1. The highest BCUT2D eigenvalue weighted by Crippen LogP contribution is 2.53. The molecule has 46 valence electrons. The van der Waals surface area contributed by atoms with E-state index in [0.717, 1.165) is 11.8 Å². The predicted octanol–water partition coefficient (Wildman–Crippen LogP) is 1.02. The minimum Gasteiger partial charge on any atom is -0.396 e. The van der Waals surface area contributed by atoms with E-state index in [9.17, 15) is 0 Å². The molecule has 0 aromatic heterocycles. The van der Waals surface area contributed by atoms with Crippen LogP contribution in [0, 0.1) is 17.8 Å². The number of hydrogen-bond acceptors (Lipinski definition) is 1. The lowest BCUT2D eigenvalue weighted by atomic mass is 9.53. The van der Waals surface area contributed by atoms with E-state index in [0.29, 0.717) is 12.5 Å². The fraction of sp³-hybridized carbons (Fsp3) is 1.00. The Balaban J connectivity index is 1.89. The van der Waals surface area contributed by atoms with E-state index >= 15 is 0 Å². The van der Waals surface area contributed by atoms with Gasteiger partial charge in [0.2, 0.25) is 0 Å². The van der Waals surface area contributed by atoms with Crippen molar-refractivity contribution in [2.24, 2.45) is 17.8 Å². The Kier molecular flexibility index (Phi) is 0.884. The van der Waals surface area contributed by atoms with Crippen molar-refractivity contribution in [3.8, 4) is 0 Å². The predicted molar refractivity (Wildman–Crippen MR) is 31.4 cm³/mol. The molecule has 0 spiro atoms. The van der Waals surface area contributed by atoms with Gasteiger partial charge in [-0.25, -0.2) is 0 Å². The summed E-state index contributed by atoms with van der Waals surface area (Å²) < 4.78 is 0. The molecule has 0 aliphatic heterocycles. The molecule has 0 aromatic rings. The highest BCUT2D eigenvalue weighted by molar-refractivity contribution is 4.95. The van der Waals surface area contributed by atoms with E-state index in [-0.39, 0.29) is 0 Å². The molecule has 1 heteroatoms. The highest BCUT2D eigenvalue weighted by Gasteiger charge is 2.46. The van der Waals surface area contributed by atoms with Gasteiger partial charge in [0.15, 0.2) is 0 Å². The first-order chi connectivity index (χ1) is 3.92. The van der Waals surface area contributed by atoms with Crippen LogP contribution in [0.3, 0.4) is 0 Å². The van der Waals surface area contributed by atoms with Crippen LogP contribution in [0.2, 0.25) is 0 Å². The molecule has 0 saturated heterocycles. The van der Waals surface area contributed by atoms with Crippen LogP contribution in [0.25, 0.3) is 0 Å². The Morgan fingerprint density at radius 3 is 2.38 bits per heavy atom. The zero-order valence-corrected chi connectivity index (χ0v) is 5.01. The van der Waals surface area contributed by atoms with Gasteiger partial charge in [-0.2, -0.15) is 0 Å². The second-order valence-corrected chi connectivity index (χ2v) is 3.18. The Labute approximate surface area is 49.7 Å². The lowest BCUT2D eigenvalue weighted by Crippen LogP contribution is -2.45. The second kappa shape index (κ2) is 1.47. The van der Waals surface area contributed by atoms with Crippen LogP contribution in [-0.4, -0.2) is 11.7 Å². The van der Waals surface area contributed by atoms with E-state index in [4.69, 9.17) is 5.11 Å². The number of hydrogen-bond donors (Lipinski definition) is 1. The molecular formula is C7H12O.